The van der Waals surface area contributed by atoms with E-state index in [0.717, 1.165) is 12.8 Å². The molecule has 0 aliphatic rings. The van der Waals surface area contributed by atoms with Gasteiger partial charge in [0, 0.05) is 18.4 Å². The molecule has 0 radical (unpaired) electrons. The molecular formula is C11H20N4O. The van der Waals surface area contributed by atoms with Crippen molar-refractivity contribution in [3.8, 4) is 0 Å². The smallest absolute Gasteiger partial charge is 0.237 e. The Bertz CT molecular complexity index is 310. The molecule has 1 rings (SSSR count). The lowest BCUT2D eigenvalue weighted by Crippen LogP contribution is -2.45. The van der Waals surface area contributed by atoms with E-state index in [2.05, 4.69) is 10.4 Å². The molecule has 1 amide bonds. The van der Waals surface area contributed by atoms with E-state index in [1.807, 2.05) is 26.1 Å². The molecule has 0 saturated heterocycles. The van der Waals surface area contributed by atoms with Gasteiger partial charge in [-0.2, -0.15) is 5.10 Å². The number of hydrogen-bond donors (Lipinski definition) is 2. The molecule has 0 saturated carbocycles. The monoisotopic (exact) mass is 224 g/mol. The molecule has 16 heavy (non-hydrogen) atoms. The molecule has 0 fully saturated rings. The first kappa shape index (κ1) is 12.7. The molecule has 0 aliphatic carbocycles. The maximum atomic E-state index is 11.6. The minimum absolute atomic E-state index is 0.0373. The van der Waals surface area contributed by atoms with Crippen LogP contribution in [0.15, 0.2) is 18.5 Å². The second-order valence-electron chi connectivity index (χ2n) is 4.03. The summed E-state index contributed by atoms with van der Waals surface area (Å²) in [6.45, 7) is 4.62. The standard InChI is InChI=1S/C11H20N4O/c1-3-5-10(12)11(16)14-9(2)8-15-7-4-6-13-15/h4,6-7,9-10H,3,5,8,12H2,1-2H3,(H,14,16)/t9-,10-/m1/s1. The third-order valence-electron chi connectivity index (χ3n) is 2.35. The van der Waals surface area contributed by atoms with Crippen LogP contribution in [0.1, 0.15) is 26.7 Å². The third-order valence-corrected chi connectivity index (χ3v) is 2.35. The Morgan fingerprint density at radius 3 is 2.94 bits per heavy atom. The lowest BCUT2D eigenvalue weighted by Gasteiger charge is -2.17. The molecule has 2 atom stereocenters. The van der Waals surface area contributed by atoms with Crippen molar-refractivity contribution in [1.29, 1.82) is 0 Å². The van der Waals surface area contributed by atoms with Crippen LogP contribution < -0.4 is 11.1 Å². The number of amides is 1. The second kappa shape index (κ2) is 6.27. The van der Waals surface area contributed by atoms with E-state index in [1.165, 1.54) is 0 Å². The number of carbonyl (C=O) groups excluding carboxylic acids is 1. The number of nitrogens with one attached hydrogen (secondary N) is 1. The van der Waals surface area contributed by atoms with Crippen molar-refractivity contribution >= 4 is 5.91 Å². The van der Waals surface area contributed by atoms with Crippen LogP contribution in [-0.4, -0.2) is 27.8 Å². The average Bonchev–Trinajstić information content (AvgIpc) is 2.70. The topological polar surface area (TPSA) is 72.9 Å². The van der Waals surface area contributed by atoms with Gasteiger partial charge in [0.05, 0.1) is 12.6 Å². The fraction of sp³-hybridized carbons (Fsp3) is 0.636. The molecule has 1 heterocycles. The quantitative estimate of drug-likeness (QED) is 0.739. The molecule has 5 heteroatoms. The zero-order valence-electron chi connectivity index (χ0n) is 9.89. The number of nitrogens with zero attached hydrogens (tertiary/aromatic N) is 2. The summed E-state index contributed by atoms with van der Waals surface area (Å²) in [6.07, 6.45) is 5.23. The highest BCUT2D eigenvalue weighted by atomic mass is 16.2. The van der Waals surface area contributed by atoms with Gasteiger partial charge in [0.25, 0.3) is 0 Å². The van der Waals surface area contributed by atoms with Gasteiger partial charge in [-0.25, -0.2) is 0 Å². The van der Waals surface area contributed by atoms with E-state index < -0.39 is 6.04 Å². The van der Waals surface area contributed by atoms with Crippen LogP contribution in [0.25, 0.3) is 0 Å². The van der Waals surface area contributed by atoms with Gasteiger partial charge in [-0.1, -0.05) is 13.3 Å². The van der Waals surface area contributed by atoms with Gasteiger partial charge in [-0.3, -0.25) is 9.48 Å². The van der Waals surface area contributed by atoms with E-state index in [1.54, 1.807) is 10.9 Å². The Balaban J connectivity index is 2.33. The van der Waals surface area contributed by atoms with Gasteiger partial charge in [0.2, 0.25) is 5.91 Å². The van der Waals surface area contributed by atoms with Crippen molar-refractivity contribution in [2.45, 2.75) is 45.3 Å². The molecule has 1 aromatic heterocycles. The first-order valence-corrected chi connectivity index (χ1v) is 5.67. The molecule has 0 unspecified atom stereocenters. The molecule has 90 valence electrons. The highest BCUT2D eigenvalue weighted by Crippen LogP contribution is 1.95. The third kappa shape index (κ3) is 4.02. The summed E-state index contributed by atoms with van der Waals surface area (Å²) < 4.78 is 1.79. The van der Waals surface area contributed by atoms with Crippen LogP contribution in [0.2, 0.25) is 0 Å². The number of hydrogen-bond acceptors (Lipinski definition) is 3. The lowest BCUT2D eigenvalue weighted by molar-refractivity contribution is -0.123. The van der Waals surface area contributed by atoms with Crippen molar-refractivity contribution in [2.75, 3.05) is 0 Å². The van der Waals surface area contributed by atoms with Crippen LogP contribution in [0.4, 0.5) is 0 Å². The number of aromatic nitrogens is 2. The summed E-state index contributed by atoms with van der Waals surface area (Å²) in [5.74, 6) is -0.0819. The highest BCUT2D eigenvalue weighted by Gasteiger charge is 2.14. The molecule has 3 N–H and O–H groups in total. The van der Waals surface area contributed by atoms with Crippen molar-refractivity contribution in [3.63, 3.8) is 0 Å². The zero-order chi connectivity index (χ0) is 12.0. The van der Waals surface area contributed by atoms with Crippen molar-refractivity contribution in [3.05, 3.63) is 18.5 Å². The number of nitrogens with two attached hydrogens (primary N) is 1. The molecule has 0 aliphatic heterocycles. The number of rotatable bonds is 6. The summed E-state index contributed by atoms with van der Waals surface area (Å²) >= 11 is 0. The van der Waals surface area contributed by atoms with Crippen LogP contribution in [0.5, 0.6) is 0 Å². The first-order chi connectivity index (χ1) is 7.63. The molecule has 0 aromatic carbocycles. The average molecular weight is 224 g/mol. The molecule has 5 nitrogen and oxygen atoms in total. The summed E-state index contributed by atoms with van der Waals surface area (Å²) in [5.41, 5.74) is 5.71. The SMILES string of the molecule is CCC[C@@H](N)C(=O)N[C@H](C)Cn1cccn1. The van der Waals surface area contributed by atoms with Crippen molar-refractivity contribution in [1.82, 2.24) is 15.1 Å². The summed E-state index contributed by atoms with van der Waals surface area (Å²) in [5, 5.41) is 6.96. The summed E-state index contributed by atoms with van der Waals surface area (Å²) in [6, 6.07) is 1.50. The fourth-order valence-electron chi connectivity index (χ4n) is 1.53. The second-order valence-corrected chi connectivity index (χ2v) is 4.03. The maximum absolute atomic E-state index is 11.6. The van der Waals surface area contributed by atoms with Crippen molar-refractivity contribution < 1.29 is 4.79 Å². The van der Waals surface area contributed by atoms with Gasteiger partial charge >= 0.3 is 0 Å². The van der Waals surface area contributed by atoms with Crippen LogP contribution in [0, 0.1) is 0 Å². The van der Waals surface area contributed by atoms with E-state index in [-0.39, 0.29) is 11.9 Å². The van der Waals surface area contributed by atoms with E-state index in [9.17, 15) is 4.79 Å². The lowest BCUT2D eigenvalue weighted by atomic mass is 10.1. The minimum atomic E-state index is -0.398. The van der Waals surface area contributed by atoms with Gasteiger partial charge in [-0.15, -0.1) is 0 Å². The first-order valence-electron chi connectivity index (χ1n) is 5.67. The number of carbonyl (C=O) groups is 1. The largest absolute Gasteiger partial charge is 0.350 e. The van der Waals surface area contributed by atoms with Gasteiger partial charge in [0.15, 0.2) is 0 Å². The Labute approximate surface area is 96.0 Å². The van der Waals surface area contributed by atoms with Crippen LogP contribution in [-0.2, 0) is 11.3 Å². The predicted molar refractivity (Wildman–Crippen MR) is 62.7 cm³/mol. The van der Waals surface area contributed by atoms with Crippen LogP contribution in [0.3, 0.4) is 0 Å². The Kier molecular flexibility index (Phi) is 4.98. The Morgan fingerprint density at radius 1 is 1.62 bits per heavy atom. The predicted octanol–water partition coefficient (Wildman–Crippen LogP) is 0.515. The van der Waals surface area contributed by atoms with Gasteiger partial charge in [0.1, 0.15) is 0 Å². The van der Waals surface area contributed by atoms with Gasteiger partial charge < -0.3 is 11.1 Å². The highest BCUT2D eigenvalue weighted by molar-refractivity contribution is 5.81. The minimum Gasteiger partial charge on any atom is -0.350 e. The normalized spacial score (nSPS) is 14.4. The van der Waals surface area contributed by atoms with E-state index in [0.29, 0.717) is 6.54 Å². The maximum Gasteiger partial charge on any atom is 0.237 e. The van der Waals surface area contributed by atoms with E-state index >= 15 is 0 Å². The molecule has 0 spiro atoms. The summed E-state index contributed by atoms with van der Waals surface area (Å²) in [4.78, 5) is 11.6. The molecular weight excluding hydrogens is 204 g/mol. The molecule has 1 aromatic rings. The Morgan fingerprint density at radius 2 is 2.38 bits per heavy atom. The van der Waals surface area contributed by atoms with E-state index in [4.69, 9.17) is 5.73 Å². The fourth-order valence-corrected chi connectivity index (χ4v) is 1.53. The van der Waals surface area contributed by atoms with Crippen molar-refractivity contribution in [2.24, 2.45) is 5.73 Å². The zero-order valence-corrected chi connectivity index (χ0v) is 9.89. The van der Waals surface area contributed by atoms with Crippen LogP contribution >= 0.6 is 0 Å². The molecule has 0 bridgehead atoms. The summed E-state index contributed by atoms with van der Waals surface area (Å²) in [7, 11) is 0. The Hall–Kier alpha value is -1.36. The van der Waals surface area contributed by atoms with Gasteiger partial charge in [-0.05, 0) is 19.4 Å².